The van der Waals surface area contributed by atoms with E-state index in [9.17, 15) is 20.4 Å². The van der Waals surface area contributed by atoms with Crippen LogP contribution in [0.15, 0.2) is 166 Å². The maximum Gasteiger partial charge on any atom is 2.00 e. The fourth-order valence-corrected chi connectivity index (χ4v) is 5.00. The maximum atomic E-state index is 11.6. The summed E-state index contributed by atoms with van der Waals surface area (Å²) < 4.78 is 0. The van der Waals surface area contributed by atoms with Crippen molar-refractivity contribution < 1.29 is 59.7 Å². The molecule has 2 radical (unpaired) electrons. The Labute approximate surface area is 355 Å². The number of nitrogens with zero attached hydrogens (tertiary/aromatic N) is 4. The van der Waals surface area contributed by atoms with Gasteiger partial charge in [0.25, 0.3) is 0 Å². The third-order valence-corrected chi connectivity index (χ3v) is 7.68. The van der Waals surface area contributed by atoms with Gasteiger partial charge in [0.05, 0.1) is 26.2 Å². The summed E-state index contributed by atoms with van der Waals surface area (Å²) in [5.41, 5.74) is 6.52. The molecule has 0 saturated carbocycles. The standard InChI is InChI=1S/2C22H20N2O2.C2H6O.2Cu/c2*25-21-10-3-1-8-19(21)15-23-13-17-6-5-7-18(12-17)14-24-16-20-9-2-4-11-22(20)26;1-2-3;;/h2*1-12,15-16,25-26H,13-14H2;3H,2H2,1H3;;/q;;;2*+2/p-4. The van der Waals surface area contributed by atoms with Crippen LogP contribution in [0.25, 0.3) is 0 Å². The van der Waals surface area contributed by atoms with Gasteiger partial charge in [-0.15, -0.1) is 23.0 Å². The van der Waals surface area contributed by atoms with E-state index in [1.165, 1.54) is 24.3 Å². The summed E-state index contributed by atoms with van der Waals surface area (Å²) in [6.45, 7) is 3.91. The van der Waals surface area contributed by atoms with Crippen LogP contribution in [0, 0.1) is 0 Å². The zero-order valence-electron chi connectivity index (χ0n) is 31.2. The van der Waals surface area contributed by atoms with Crippen LogP contribution in [0.3, 0.4) is 0 Å². The van der Waals surface area contributed by atoms with Gasteiger partial charge >= 0.3 is 34.1 Å². The van der Waals surface area contributed by atoms with Gasteiger partial charge in [-0.1, -0.05) is 146 Å². The second-order valence-corrected chi connectivity index (χ2v) is 12.0. The van der Waals surface area contributed by atoms with Crippen LogP contribution in [-0.4, -0.2) is 36.6 Å². The van der Waals surface area contributed by atoms with Gasteiger partial charge in [0.1, 0.15) is 0 Å². The van der Waals surface area contributed by atoms with Gasteiger partial charge in [0.2, 0.25) is 0 Å². The Balaban J connectivity index is 0.000000356. The van der Waals surface area contributed by atoms with Crippen molar-refractivity contribution in [3.05, 3.63) is 190 Å². The van der Waals surface area contributed by atoms with E-state index in [0.29, 0.717) is 48.4 Å². The molecule has 6 aromatic carbocycles. The minimum absolute atomic E-state index is 0. The van der Waals surface area contributed by atoms with Gasteiger partial charge < -0.3 is 25.5 Å². The molecule has 57 heavy (non-hydrogen) atoms. The van der Waals surface area contributed by atoms with Crippen molar-refractivity contribution >= 4 is 24.9 Å². The molecule has 0 bridgehead atoms. The molecule has 0 saturated heterocycles. The molecule has 6 rings (SSSR count). The topological polar surface area (TPSA) is 162 Å². The largest absolute Gasteiger partial charge is 2.00 e. The molecule has 0 unspecified atom stereocenters. The third-order valence-electron chi connectivity index (χ3n) is 7.68. The molecule has 0 spiro atoms. The molecule has 0 aromatic heterocycles. The molecule has 11 heteroatoms. The van der Waals surface area contributed by atoms with E-state index in [1.54, 1.807) is 80.3 Å². The molecule has 298 valence electrons. The van der Waals surface area contributed by atoms with E-state index in [-0.39, 0.29) is 63.7 Å². The Morgan fingerprint density at radius 1 is 0.386 bits per heavy atom. The molecule has 0 aliphatic carbocycles. The summed E-state index contributed by atoms with van der Waals surface area (Å²) in [7, 11) is 0. The zero-order chi connectivity index (χ0) is 39.1. The number of hydrogen-bond donors (Lipinski definition) is 1. The molecule has 0 aliphatic heterocycles. The van der Waals surface area contributed by atoms with E-state index >= 15 is 0 Å². The molecular weight excluding hydrogens is 816 g/mol. The van der Waals surface area contributed by atoms with Crippen LogP contribution in [0.2, 0.25) is 0 Å². The van der Waals surface area contributed by atoms with Gasteiger partial charge in [-0.05, 0) is 51.4 Å². The SMILES string of the molecule is CCO.[Cu+2].[Cu+2].[O-]c1ccccc1C=NCc1cccc(CN=Cc2ccccc2[O-])c1.[O-]c1ccccc1C=NCc1cccc(CN=Cc2ccccc2[O-])c1. The average molecular weight is 858 g/mol. The van der Waals surface area contributed by atoms with Crippen molar-refractivity contribution in [2.45, 2.75) is 33.1 Å². The molecule has 0 atom stereocenters. The van der Waals surface area contributed by atoms with E-state index < -0.39 is 0 Å². The van der Waals surface area contributed by atoms with Crippen LogP contribution < -0.4 is 20.4 Å². The quantitative estimate of drug-likeness (QED) is 0.115. The molecule has 0 aliphatic rings. The first-order valence-electron chi connectivity index (χ1n) is 17.7. The van der Waals surface area contributed by atoms with Crippen LogP contribution in [0.5, 0.6) is 23.0 Å². The van der Waals surface area contributed by atoms with Crippen LogP contribution in [0.1, 0.15) is 51.4 Å². The molecule has 0 heterocycles. The van der Waals surface area contributed by atoms with Crippen molar-refractivity contribution in [3.8, 4) is 23.0 Å². The van der Waals surface area contributed by atoms with Crippen molar-refractivity contribution in [2.75, 3.05) is 6.61 Å². The minimum atomic E-state index is -0.0296. The molecule has 0 amide bonds. The summed E-state index contributed by atoms with van der Waals surface area (Å²) in [5, 5.41) is 54.2. The van der Waals surface area contributed by atoms with Gasteiger partial charge in [0, 0.05) is 31.5 Å². The van der Waals surface area contributed by atoms with Gasteiger partial charge in [-0.25, -0.2) is 0 Å². The Bertz CT molecular complexity index is 1910. The third kappa shape index (κ3) is 17.3. The summed E-state index contributed by atoms with van der Waals surface area (Å²) in [6, 6.07) is 43.2. The van der Waals surface area contributed by atoms with Crippen LogP contribution in [0.4, 0.5) is 0 Å². The fraction of sp³-hybridized carbons (Fsp3) is 0.130. The predicted molar refractivity (Wildman–Crippen MR) is 214 cm³/mol. The molecule has 1 N–H and O–H groups in total. The average Bonchev–Trinajstić information content (AvgIpc) is 3.19. The first-order valence-corrected chi connectivity index (χ1v) is 17.7. The van der Waals surface area contributed by atoms with Gasteiger partial charge in [-0.3, -0.25) is 20.0 Å². The molecule has 0 fully saturated rings. The van der Waals surface area contributed by atoms with E-state index in [1.807, 2.05) is 72.8 Å². The minimum Gasteiger partial charge on any atom is -0.872 e. The van der Waals surface area contributed by atoms with E-state index in [0.717, 1.165) is 22.3 Å². The zero-order valence-corrected chi connectivity index (χ0v) is 33.1. The Morgan fingerprint density at radius 2 is 0.596 bits per heavy atom. The van der Waals surface area contributed by atoms with Crippen LogP contribution in [-0.2, 0) is 60.3 Å². The monoisotopic (exact) mass is 856 g/mol. The maximum absolute atomic E-state index is 11.6. The summed E-state index contributed by atoms with van der Waals surface area (Å²) >= 11 is 0. The molecular formula is C46H42Cu2N4O5. The molecule has 6 aromatic rings. The first-order chi connectivity index (χ1) is 26.9. The second kappa shape index (κ2) is 26.9. The van der Waals surface area contributed by atoms with E-state index in [4.69, 9.17) is 5.11 Å². The Morgan fingerprint density at radius 3 is 0.807 bits per heavy atom. The molecule has 9 nitrogen and oxygen atoms in total. The van der Waals surface area contributed by atoms with Gasteiger partial charge in [0.15, 0.2) is 0 Å². The fourth-order valence-electron chi connectivity index (χ4n) is 5.00. The number of aliphatic hydroxyl groups excluding tert-OH is 1. The second-order valence-electron chi connectivity index (χ2n) is 12.0. The number of hydrogen-bond acceptors (Lipinski definition) is 9. The number of aliphatic imine (C=N–C) groups is 4. The first kappa shape index (κ1) is 47.4. The van der Waals surface area contributed by atoms with E-state index in [2.05, 4.69) is 20.0 Å². The number of aliphatic hydroxyl groups is 1. The number of benzene rings is 6. The summed E-state index contributed by atoms with van der Waals surface area (Å²) in [6.07, 6.45) is 6.44. The van der Waals surface area contributed by atoms with Crippen LogP contribution >= 0.6 is 0 Å². The predicted octanol–water partition coefficient (Wildman–Crippen LogP) is 6.14. The summed E-state index contributed by atoms with van der Waals surface area (Å²) in [5.74, 6) is -0.119. The Hall–Kier alpha value is -5.80. The van der Waals surface area contributed by atoms with Crippen molar-refractivity contribution in [2.24, 2.45) is 20.0 Å². The van der Waals surface area contributed by atoms with Crippen molar-refractivity contribution in [1.82, 2.24) is 0 Å². The van der Waals surface area contributed by atoms with Crippen molar-refractivity contribution in [1.29, 1.82) is 0 Å². The summed E-state index contributed by atoms with van der Waals surface area (Å²) in [4.78, 5) is 17.4. The Kier molecular flexibility index (Phi) is 22.4. The number of para-hydroxylation sites is 4. The number of rotatable bonds is 12. The smallest absolute Gasteiger partial charge is 0.872 e. The normalized spacial score (nSPS) is 10.7. The van der Waals surface area contributed by atoms with Gasteiger partial charge in [-0.2, -0.15) is 0 Å². The van der Waals surface area contributed by atoms with Crippen molar-refractivity contribution in [3.63, 3.8) is 0 Å².